The molecule has 0 saturated heterocycles. The molecule has 82 valence electrons. The Kier molecular flexibility index (Phi) is 5.10. The van der Waals surface area contributed by atoms with Crippen molar-refractivity contribution in [1.82, 2.24) is 5.32 Å². The molecule has 0 aromatic rings. The second-order valence-electron chi connectivity index (χ2n) is 3.81. The fourth-order valence-corrected chi connectivity index (χ4v) is 2.24. The van der Waals surface area contributed by atoms with Crippen LogP contribution >= 0.6 is 23.4 Å². The lowest BCUT2D eigenvalue weighted by atomic mass is 10.2. The van der Waals surface area contributed by atoms with Crippen LogP contribution in [0.3, 0.4) is 0 Å². The maximum atomic E-state index is 11.3. The first-order valence-corrected chi connectivity index (χ1v) is 6.86. The van der Waals surface area contributed by atoms with Gasteiger partial charge in [-0.05, 0) is 31.9 Å². The Bertz CT molecular complexity index is 195. The van der Waals surface area contributed by atoms with Crippen molar-refractivity contribution in [2.75, 3.05) is 18.7 Å². The third-order valence-electron chi connectivity index (χ3n) is 2.64. The lowest BCUT2D eigenvalue weighted by Crippen LogP contribution is -2.31. The van der Waals surface area contributed by atoms with E-state index in [2.05, 4.69) is 11.6 Å². The maximum Gasteiger partial charge on any atom is 0.220 e. The molecule has 4 heteroatoms. The summed E-state index contributed by atoms with van der Waals surface area (Å²) < 4.78 is 0.377. The van der Waals surface area contributed by atoms with Gasteiger partial charge < -0.3 is 5.32 Å². The summed E-state index contributed by atoms with van der Waals surface area (Å²) >= 11 is 7.40. The number of nitrogens with one attached hydrogen (secondary N) is 1. The van der Waals surface area contributed by atoms with Crippen LogP contribution in [0.5, 0.6) is 0 Å². The zero-order valence-corrected chi connectivity index (χ0v) is 10.2. The second-order valence-corrected chi connectivity index (χ2v) is 5.46. The van der Waals surface area contributed by atoms with E-state index >= 15 is 0 Å². The number of amides is 1. The normalized spacial score (nSPS) is 17.9. The molecule has 0 spiro atoms. The van der Waals surface area contributed by atoms with E-state index in [4.69, 9.17) is 11.6 Å². The summed E-state index contributed by atoms with van der Waals surface area (Å²) in [6.07, 6.45) is 7.07. The Hall–Kier alpha value is 0.110. The number of halogens is 1. The molecule has 1 saturated carbocycles. The molecule has 0 aromatic carbocycles. The number of alkyl halides is 1. The van der Waals surface area contributed by atoms with Crippen molar-refractivity contribution in [3.63, 3.8) is 0 Å². The SMILES string of the molecule is CSC1(CNC(=O)CCCCCl)CC1. The Morgan fingerprint density at radius 2 is 2.21 bits per heavy atom. The van der Waals surface area contributed by atoms with Crippen molar-refractivity contribution in [2.24, 2.45) is 0 Å². The fraction of sp³-hybridized carbons (Fsp3) is 0.900. The highest BCUT2D eigenvalue weighted by molar-refractivity contribution is 8.00. The predicted molar refractivity (Wildman–Crippen MR) is 63.1 cm³/mol. The highest BCUT2D eigenvalue weighted by Crippen LogP contribution is 2.46. The Labute approximate surface area is 95.2 Å². The predicted octanol–water partition coefficient (Wildman–Crippen LogP) is 2.41. The highest BCUT2D eigenvalue weighted by Gasteiger charge is 2.41. The van der Waals surface area contributed by atoms with Crippen molar-refractivity contribution >= 4 is 29.3 Å². The van der Waals surface area contributed by atoms with Gasteiger partial charge in [-0.3, -0.25) is 4.79 Å². The second kappa shape index (κ2) is 5.86. The van der Waals surface area contributed by atoms with Gasteiger partial charge in [0, 0.05) is 23.6 Å². The molecule has 0 unspecified atom stereocenters. The van der Waals surface area contributed by atoms with Gasteiger partial charge in [0.2, 0.25) is 5.91 Å². The number of carbonyl (C=O) groups excluding carboxylic acids is 1. The number of hydrogen-bond acceptors (Lipinski definition) is 2. The van der Waals surface area contributed by atoms with Gasteiger partial charge in [-0.2, -0.15) is 11.8 Å². The highest BCUT2D eigenvalue weighted by atomic mass is 35.5. The van der Waals surface area contributed by atoms with Crippen LogP contribution < -0.4 is 5.32 Å². The monoisotopic (exact) mass is 235 g/mol. The van der Waals surface area contributed by atoms with Gasteiger partial charge in [-0.1, -0.05) is 0 Å². The summed E-state index contributed by atoms with van der Waals surface area (Å²) in [6.45, 7) is 0.841. The Morgan fingerprint density at radius 1 is 1.50 bits per heavy atom. The minimum absolute atomic E-state index is 0.176. The molecule has 0 radical (unpaired) electrons. The quantitative estimate of drug-likeness (QED) is 0.543. The van der Waals surface area contributed by atoms with Gasteiger partial charge in [0.1, 0.15) is 0 Å². The molecule has 1 aliphatic rings. The van der Waals surface area contributed by atoms with Crippen LogP contribution in [0.15, 0.2) is 0 Å². The standard InChI is InChI=1S/C10H18ClNOS/c1-14-10(5-6-10)8-12-9(13)4-2-3-7-11/h2-8H2,1H3,(H,12,13). The molecule has 0 aromatic heterocycles. The maximum absolute atomic E-state index is 11.3. The van der Waals surface area contributed by atoms with E-state index in [0.29, 0.717) is 17.0 Å². The topological polar surface area (TPSA) is 29.1 Å². The molecule has 0 atom stereocenters. The molecule has 0 bridgehead atoms. The average Bonchev–Trinajstić information content (AvgIpc) is 2.96. The number of thioether (sulfide) groups is 1. The summed E-state index contributed by atoms with van der Waals surface area (Å²) in [7, 11) is 0. The first-order valence-electron chi connectivity index (χ1n) is 5.10. The Balaban J connectivity index is 2.03. The van der Waals surface area contributed by atoms with Gasteiger partial charge >= 0.3 is 0 Å². The lowest BCUT2D eigenvalue weighted by Gasteiger charge is -2.12. The van der Waals surface area contributed by atoms with Gasteiger partial charge in [0.25, 0.3) is 0 Å². The summed E-state index contributed by atoms with van der Waals surface area (Å²) in [5.41, 5.74) is 0. The molecule has 1 rings (SSSR count). The van der Waals surface area contributed by atoms with E-state index in [1.165, 1.54) is 12.8 Å². The van der Waals surface area contributed by atoms with Crippen molar-refractivity contribution < 1.29 is 4.79 Å². The van der Waals surface area contributed by atoms with Crippen molar-refractivity contribution in [2.45, 2.75) is 36.9 Å². The molecule has 1 amide bonds. The van der Waals surface area contributed by atoms with E-state index in [-0.39, 0.29) is 5.91 Å². The number of carbonyl (C=O) groups is 1. The van der Waals surface area contributed by atoms with Crippen LogP contribution in [-0.4, -0.2) is 29.3 Å². The zero-order chi connectivity index (χ0) is 10.4. The van der Waals surface area contributed by atoms with E-state index in [1.807, 2.05) is 11.8 Å². The molecule has 1 aliphatic carbocycles. The summed E-state index contributed by atoms with van der Waals surface area (Å²) in [5.74, 6) is 0.831. The number of unbranched alkanes of at least 4 members (excludes halogenated alkanes) is 1. The third-order valence-corrected chi connectivity index (χ3v) is 4.32. The van der Waals surface area contributed by atoms with Gasteiger partial charge in [-0.25, -0.2) is 0 Å². The van der Waals surface area contributed by atoms with Crippen molar-refractivity contribution in [1.29, 1.82) is 0 Å². The van der Waals surface area contributed by atoms with Crippen LogP contribution in [0.2, 0.25) is 0 Å². The van der Waals surface area contributed by atoms with Crippen LogP contribution in [0.25, 0.3) is 0 Å². The molecular weight excluding hydrogens is 218 g/mol. The van der Waals surface area contributed by atoms with E-state index in [9.17, 15) is 4.79 Å². The molecule has 0 aliphatic heterocycles. The fourth-order valence-electron chi connectivity index (χ4n) is 1.32. The summed E-state index contributed by atoms with van der Waals surface area (Å²) in [4.78, 5) is 11.3. The third kappa shape index (κ3) is 4.09. The van der Waals surface area contributed by atoms with E-state index < -0.39 is 0 Å². The molecule has 0 heterocycles. The first kappa shape index (κ1) is 12.2. The van der Waals surface area contributed by atoms with Crippen molar-refractivity contribution in [3.05, 3.63) is 0 Å². The van der Waals surface area contributed by atoms with Gasteiger partial charge in [0.05, 0.1) is 0 Å². The molecule has 1 fully saturated rings. The van der Waals surface area contributed by atoms with Crippen LogP contribution in [-0.2, 0) is 4.79 Å². The molecule has 2 nitrogen and oxygen atoms in total. The minimum atomic E-state index is 0.176. The molecular formula is C10H18ClNOS. The first-order chi connectivity index (χ1) is 6.72. The van der Waals surface area contributed by atoms with Gasteiger partial charge in [-0.15, -0.1) is 11.6 Å². The lowest BCUT2D eigenvalue weighted by molar-refractivity contribution is -0.121. The zero-order valence-electron chi connectivity index (χ0n) is 8.64. The van der Waals surface area contributed by atoms with Gasteiger partial charge in [0.15, 0.2) is 0 Å². The number of rotatable bonds is 7. The average molecular weight is 236 g/mol. The largest absolute Gasteiger partial charge is 0.355 e. The van der Waals surface area contributed by atoms with Crippen LogP contribution in [0.4, 0.5) is 0 Å². The Morgan fingerprint density at radius 3 is 2.71 bits per heavy atom. The smallest absolute Gasteiger partial charge is 0.220 e. The molecule has 1 N–H and O–H groups in total. The number of hydrogen-bond donors (Lipinski definition) is 1. The van der Waals surface area contributed by atoms with E-state index in [1.54, 1.807) is 0 Å². The summed E-state index contributed by atoms with van der Waals surface area (Å²) in [5, 5.41) is 2.99. The minimum Gasteiger partial charge on any atom is -0.355 e. The van der Waals surface area contributed by atoms with E-state index in [0.717, 1.165) is 19.4 Å². The van der Waals surface area contributed by atoms with Crippen LogP contribution in [0.1, 0.15) is 32.1 Å². The van der Waals surface area contributed by atoms with Crippen molar-refractivity contribution in [3.8, 4) is 0 Å². The summed E-state index contributed by atoms with van der Waals surface area (Å²) in [6, 6.07) is 0. The van der Waals surface area contributed by atoms with Crippen LogP contribution in [0, 0.1) is 0 Å². The molecule has 14 heavy (non-hydrogen) atoms.